The van der Waals surface area contributed by atoms with Crippen LogP contribution < -0.4 is 4.72 Å². The Kier molecular flexibility index (Phi) is 4.19. The van der Waals surface area contributed by atoms with E-state index in [1.807, 2.05) is 4.72 Å². The number of carbonyl (C=O) groups is 1. The average molecular weight is 261 g/mol. The molecular formula is C10H12FNO4S. The van der Waals surface area contributed by atoms with Crippen molar-refractivity contribution >= 4 is 16.0 Å². The van der Waals surface area contributed by atoms with Crippen LogP contribution in [0, 0.1) is 5.82 Å². The number of carboxylic acid groups (broad SMARTS) is 1. The van der Waals surface area contributed by atoms with Gasteiger partial charge in [0.05, 0.1) is 6.26 Å². The number of sulfonamides is 1. The van der Waals surface area contributed by atoms with E-state index < -0.39 is 27.9 Å². The van der Waals surface area contributed by atoms with Gasteiger partial charge in [-0.3, -0.25) is 4.79 Å². The first-order chi connectivity index (χ1) is 7.78. The quantitative estimate of drug-likeness (QED) is 0.802. The molecule has 0 bridgehead atoms. The van der Waals surface area contributed by atoms with Crippen molar-refractivity contribution in [2.45, 2.75) is 12.5 Å². The van der Waals surface area contributed by atoms with Crippen LogP contribution in [0.1, 0.15) is 5.56 Å². The molecular weight excluding hydrogens is 249 g/mol. The second-order valence-electron chi connectivity index (χ2n) is 3.61. The lowest BCUT2D eigenvalue weighted by Crippen LogP contribution is -2.41. The Morgan fingerprint density at radius 1 is 1.53 bits per heavy atom. The van der Waals surface area contributed by atoms with Crippen LogP contribution in [-0.2, 0) is 21.2 Å². The maximum Gasteiger partial charge on any atom is 0.322 e. The van der Waals surface area contributed by atoms with Gasteiger partial charge in [-0.15, -0.1) is 0 Å². The molecule has 7 heteroatoms. The minimum Gasteiger partial charge on any atom is -0.480 e. The molecule has 1 rings (SSSR count). The minimum absolute atomic E-state index is 0.111. The summed E-state index contributed by atoms with van der Waals surface area (Å²) >= 11 is 0. The second-order valence-corrected chi connectivity index (χ2v) is 5.39. The molecule has 0 heterocycles. The molecule has 5 nitrogen and oxygen atoms in total. The Hall–Kier alpha value is -1.47. The monoisotopic (exact) mass is 261 g/mol. The van der Waals surface area contributed by atoms with Gasteiger partial charge < -0.3 is 5.11 Å². The van der Waals surface area contributed by atoms with E-state index in [0.29, 0.717) is 5.56 Å². The fraction of sp³-hybridized carbons (Fsp3) is 0.300. The molecule has 0 aliphatic rings. The Balaban J connectivity index is 2.84. The lowest BCUT2D eigenvalue weighted by atomic mass is 10.1. The number of rotatable bonds is 5. The van der Waals surface area contributed by atoms with E-state index in [-0.39, 0.29) is 6.42 Å². The molecule has 17 heavy (non-hydrogen) atoms. The molecule has 0 saturated carbocycles. The first-order valence-electron chi connectivity index (χ1n) is 4.72. The fourth-order valence-electron chi connectivity index (χ4n) is 1.34. The van der Waals surface area contributed by atoms with Crippen LogP contribution in [0.4, 0.5) is 4.39 Å². The van der Waals surface area contributed by atoms with Crippen molar-refractivity contribution in [1.82, 2.24) is 4.72 Å². The van der Waals surface area contributed by atoms with Gasteiger partial charge in [-0.25, -0.2) is 17.5 Å². The highest BCUT2D eigenvalue weighted by molar-refractivity contribution is 7.88. The molecule has 94 valence electrons. The van der Waals surface area contributed by atoms with Crippen molar-refractivity contribution in [3.63, 3.8) is 0 Å². The largest absolute Gasteiger partial charge is 0.480 e. The van der Waals surface area contributed by atoms with Crippen molar-refractivity contribution in [2.75, 3.05) is 6.26 Å². The van der Waals surface area contributed by atoms with Crippen molar-refractivity contribution in [3.05, 3.63) is 35.6 Å². The van der Waals surface area contributed by atoms with Gasteiger partial charge in [-0.05, 0) is 24.1 Å². The van der Waals surface area contributed by atoms with Crippen LogP contribution >= 0.6 is 0 Å². The minimum atomic E-state index is -3.62. The van der Waals surface area contributed by atoms with E-state index in [1.54, 1.807) is 0 Å². The highest BCUT2D eigenvalue weighted by atomic mass is 32.2. The Morgan fingerprint density at radius 3 is 2.65 bits per heavy atom. The van der Waals surface area contributed by atoms with E-state index in [1.165, 1.54) is 24.3 Å². The van der Waals surface area contributed by atoms with Crippen molar-refractivity contribution in [1.29, 1.82) is 0 Å². The predicted octanol–water partition coefficient (Wildman–Crippen LogP) is 0.371. The lowest BCUT2D eigenvalue weighted by Gasteiger charge is -2.12. The fourth-order valence-corrected chi connectivity index (χ4v) is 2.04. The zero-order chi connectivity index (χ0) is 13.1. The van der Waals surface area contributed by atoms with Gasteiger partial charge in [0.15, 0.2) is 0 Å². The number of carboxylic acids is 1. The third-order valence-corrected chi connectivity index (χ3v) is 2.70. The van der Waals surface area contributed by atoms with Gasteiger partial charge in [0.1, 0.15) is 11.9 Å². The number of hydrogen-bond donors (Lipinski definition) is 2. The molecule has 0 radical (unpaired) electrons. The molecule has 1 aromatic carbocycles. The van der Waals surface area contributed by atoms with Gasteiger partial charge in [0, 0.05) is 0 Å². The Morgan fingerprint density at radius 2 is 2.18 bits per heavy atom. The first-order valence-corrected chi connectivity index (χ1v) is 6.61. The normalized spacial score (nSPS) is 13.3. The molecule has 1 unspecified atom stereocenters. The van der Waals surface area contributed by atoms with E-state index in [9.17, 15) is 17.6 Å². The van der Waals surface area contributed by atoms with Gasteiger partial charge in [0.2, 0.25) is 10.0 Å². The molecule has 0 fully saturated rings. The summed E-state index contributed by atoms with van der Waals surface area (Å²) in [4.78, 5) is 10.8. The smallest absolute Gasteiger partial charge is 0.322 e. The Labute approximate surface area is 98.3 Å². The molecule has 0 amide bonds. The first kappa shape index (κ1) is 13.6. The van der Waals surface area contributed by atoms with Gasteiger partial charge >= 0.3 is 5.97 Å². The highest BCUT2D eigenvalue weighted by Crippen LogP contribution is 2.07. The number of halogens is 1. The topological polar surface area (TPSA) is 83.5 Å². The summed E-state index contributed by atoms with van der Waals surface area (Å²) in [5, 5.41) is 8.85. The molecule has 2 N–H and O–H groups in total. The van der Waals surface area contributed by atoms with Gasteiger partial charge in [-0.1, -0.05) is 12.1 Å². The third-order valence-electron chi connectivity index (χ3n) is 1.98. The number of benzene rings is 1. The molecule has 0 saturated heterocycles. The van der Waals surface area contributed by atoms with Crippen molar-refractivity contribution in [2.24, 2.45) is 0 Å². The standard InChI is InChI=1S/C10H12FNO4S/c1-17(15,16)12-9(10(13)14)6-7-3-2-4-8(11)5-7/h2-5,9,12H,6H2,1H3,(H,13,14). The zero-order valence-corrected chi connectivity index (χ0v) is 9.87. The van der Waals surface area contributed by atoms with Crippen LogP contribution in [0.2, 0.25) is 0 Å². The van der Waals surface area contributed by atoms with Crippen LogP contribution in [0.15, 0.2) is 24.3 Å². The predicted molar refractivity (Wildman–Crippen MR) is 59.5 cm³/mol. The maximum absolute atomic E-state index is 12.9. The highest BCUT2D eigenvalue weighted by Gasteiger charge is 2.21. The molecule has 1 atom stereocenters. The molecule has 0 aliphatic carbocycles. The summed E-state index contributed by atoms with van der Waals surface area (Å²) in [5.41, 5.74) is 0.411. The Bertz CT molecular complexity index is 515. The summed E-state index contributed by atoms with van der Waals surface area (Å²) in [5.74, 6) is -1.80. The van der Waals surface area contributed by atoms with Gasteiger partial charge in [0.25, 0.3) is 0 Å². The SMILES string of the molecule is CS(=O)(=O)NC(Cc1cccc(F)c1)C(=O)O. The number of nitrogens with one attached hydrogen (secondary N) is 1. The van der Waals surface area contributed by atoms with Crippen LogP contribution in [0.5, 0.6) is 0 Å². The van der Waals surface area contributed by atoms with E-state index >= 15 is 0 Å². The molecule has 0 spiro atoms. The summed E-state index contributed by atoms with van der Waals surface area (Å²) in [7, 11) is -3.62. The molecule has 0 aliphatic heterocycles. The average Bonchev–Trinajstić information content (AvgIpc) is 2.14. The summed E-state index contributed by atoms with van der Waals surface area (Å²) in [6.45, 7) is 0. The van der Waals surface area contributed by atoms with Crippen molar-refractivity contribution in [3.8, 4) is 0 Å². The molecule has 0 aromatic heterocycles. The number of hydrogen-bond acceptors (Lipinski definition) is 3. The van der Waals surface area contributed by atoms with Gasteiger partial charge in [-0.2, -0.15) is 0 Å². The van der Waals surface area contributed by atoms with Crippen LogP contribution in [-0.4, -0.2) is 31.8 Å². The summed E-state index contributed by atoms with van der Waals surface area (Å²) < 4.78 is 36.8. The van der Waals surface area contributed by atoms with Crippen LogP contribution in [0.3, 0.4) is 0 Å². The van der Waals surface area contributed by atoms with E-state index in [2.05, 4.69) is 0 Å². The second kappa shape index (κ2) is 5.24. The van der Waals surface area contributed by atoms with E-state index in [0.717, 1.165) is 6.26 Å². The van der Waals surface area contributed by atoms with Crippen LogP contribution in [0.25, 0.3) is 0 Å². The van der Waals surface area contributed by atoms with Crippen molar-refractivity contribution < 1.29 is 22.7 Å². The maximum atomic E-state index is 12.9. The summed E-state index contributed by atoms with van der Waals surface area (Å²) in [6.07, 6.45) is 0.759. The lowest BCUT2D eigenvalue weighted by molar-refractivity contribution is -0.138. The zero-order valence-electron chi connectivity index (χ0n) is 9.05. The molecule has 1 aromatic rings. The third kappa shape index (κ3) is 4.92. The van der Waals surface area contributed by atoms with E-state index in [4.69, 9.17) is 5.11 Å². The summed E-state index contributed by atoms with van der Waals surface area (Å²) in [6, 6.07) is 4.06. The number of aliphatic carboxylic acids is 1.